The summed E-state index contributed by atoms with van der Waals surface area (Å²) in [6.45, 7) is -24.0. The summed E-state index contributed by atoms with van der Waals surface area (Å²) in [5.41, 5.74) is -4.35. The number of para-hydroxylation sites is 1. The summed E-state index contributed by atoms with van der Waals surface area (Å²) in [6, 6.07) is 43.7. The Bertz CT molecular complexity index is 3870. The number of rotatable bonds is 7. The number of imidazole rings is 1. The molecule has 9 aromatic rings. The van der Waals surface area contributed by atoms with Gasteiger partial charge in [-0.3, -0.25) is 9.55 Å². The Labute approximate surface area is 402 Å². The number of hydrogen-bond acceptors (Lipinski definition) is 3. The molecule has 4 nitrogen and oxygen atoms in total. The summed E-state index contributed by atoms with van der Waals surface area (Å²) in [5.74, 6) is -2.14. The van der Waals surface area contributed by atoms with Gasteiger partial charge >= 0.3 is 0 Å². The highest BCUT2D eigenvalue weighted by Crippen LogP contribution is 2.45. The van der Waals surface area contributed by atoms with Crippen molar-refractivity contribution in [3.05, 3.63) is 192 Å². The number of benzene rings is 7. The van der Waals surface area contributed by atoms with Gasteiger partial charge in [-0.1, -0.05) is 155 Å². The van der Waals surface area contributed by atoms with E-state index in [1.807, 2.05) is 74.5 Å². The second-order valence-corrected chi connectivity index (χ2v) is 15.9. The largest absolute Gasteiger partial charge is 0.507 e. The predicted octanol–water partition coefficient (Wildman–Crippen LogP) is 15.6. The lowest BCUT2D eigenvalue weighted by molar-refractivity contribution is 0.446. The normalized spacial score (nSPS) is 18.3. The molecule has 1 N–H and O–H groups in total. The molecule has 0 unspecified atom stereocenters. The molecule has 0 saturated heterocycles. The average molecular weight is 843 g/mol. The molecule has 0 spiro atoms. The van der Waals surface area contributed by atoms with Gasteiger partial charge in [0.05, 0.1) is 28.0 Å². The summed E-state index contributed by atoms with van der Waals surface area (Å²) < 4.78 is 186. The van der Waals surface area contributed by atoms with Crippen LogP contribution in [0, 0.1) is 20.7 Å². The Hall–Kier alpha value is -7.04. The Morgan fingerprint density at radius 2 is 1.17 bits per heavy atom. The summed E-state index contributed by atoms with van der Waals surface area (Å²) in [4.78, 5) is 9.85. The lowest BCUT2D eigenvalue weighted by Crippen LogP contribution is -2.17. The zero-order chi connectivity index (χ0) is 61.7. The monoisotopic (exact) mass is 843 g/mol. The molecule has 0 aliphatic rings. The van der Waals surface area contributed by atoms with E-state index < -0.39 is 87.1 Å². The van der Waals surface area contributed by atoms with E-state index in [2.05, 4.69) is 18.2 Å². The van der Waals surface area contributed by atoms with Gasteiger partial charge in [0.2, 0.25) is 0 Å². The number of aromatic nitrogens is 3. The van der Waals surface area contributed by atoms with Crippen molar-refractivity contribution in [2.24, 2.45) is 0 Å². The molecule has 7 aromatic carbocycles. The highest BCUT2D eigenvalue weighted by Gasteiger charge is 2.29. The number of aryl methyl sites for hydroxylation is 3. The first-order valence-electron chi connectivity index (χ1n) is 30.7. The average Bonchev–Trinajstić information content (AvgIpc) is 0.806. The van der Waals surface area contributed by atoms with Gasteiger partial charge in [0.25, 0.3) is 0 Å². The Morgan fingerprint density at radius 1 is 0.524 bits per heavy atom. The number of hydrogen-bond donors (Lipinski definition) is 1. The second kappa shape index (κ2) is 16.0. The first-order valence-corrected chi connectivity index (χ1v) is 20.2. The third-order valence-electron chi connectivity index (χ3n) is 11.2. The number of nitrogens with zero attached hydrogens (tertiary/aromatic N) is 3. The van der Waals surface area contributed by atoms with Crippen molar-refractivity contribution in [2.45, 2.75) is 72.6 Å². The molecule has 0 bridgehead atoms. The highest BCUT2D eigenvalue weighted by molar-refractivity contribution is 5.98. The van der Waals surface area contributed by atoms with Crippen molar-refractivity contribution in [1.29, 1.82) is 0 Å². The van der Waals surface area contributed by atoms with Crippen LogP contribution < -0.4 is 0 Å². The third kappa shape index (κ3) is 8.10. The van der Waals surface area contributed by atoms with Crippen LogP contribution in [-0.2, 0) is 10.8 Å². The molecule has 2 aromatic heterocycles. The Balaban J connectivity index is 1.49. The fourth-order valence-electron chi connectivity index (χ4n) is 8.24. The topological polar surface area (TPSA) is 50.9 Å². The lowest BCUT2D eigenvalue weighted by atomic mass is 9.79. The fourth-order valence-corrected chi connectivity index (χ4v) is 8.24. The smallest absolute Gasteiger partial charge is 0.149 e. The fraction of sp³-hybridized carbons (Fsp3) is 0.186. The first-order chi connectivity index (χ1) is 38.8. The molecule has 0 fully saturated rings. The van der Waals surface area contributed by atoms with E-state index in [4.69, 9.17) is 38.8 Å². The van der Waals surface area contributed by atoms with Crippen molar-refractivity contribution in [3.8, 4) is 78.6 Å². The summed E-state index contributed by atoms with van der Waals surface area (Å²) in [7, 11) is 0. The van der Waals surface area contributed by atoms with E-state index in [1.165, 1.54) is 22.8 Å². The summed E-state index contributed by atoms with van der Waals surface area (Å²) in [5, 5.41) is 13.0. The zero-order valence-electron chi connectivity index (χ0n) is 55.4. The van der Waals surface area contributed by atoms with Gasteiger partial charge in [0.15, 0.2) is 0 Å². The van der Waals surface area contributed by atoms with Crippen molar-refractivity contribution < 1.29 is 33.9 Å². The van der Waals surface area contributed by atoms with Gasteiger partial charge in [-0.15, -0.1) is 0 Å². The standard InChI is InChI=1S/C59H55N3O/c1-37-27-38(2)29-44(28-37)43-25-26-60-52(34-43)47-32-45(41-19-14-11-15-20-41)31-46(33-47)49-21-16-22-54-55(49)61-57(50-35-48(58(4,5)6)36-51(56(50)63)59(7,8)9)62(54)53-24-23-42(30-39(53)3)40-17-12-10-13-18-40/h10-36,63H,1-9H3/i3D3,4D3,5D3,6D3,7D3,8D3,9D3. The number of aromatic hydroxyl groups is 1. The maximum atomic E-state index is 13.0. The molecule has 0 atom stereocenters. The molecule has 63 heavy (non-hydrogen) atoms. The molecule has 2 heterocycles. The number of phenolic OH excluding ortho intramolecular Hbond substituents is 1. The Kier molecular flexibility index (Phi) is 5.95. The van der Waals surface area contributed by atoms with Crippen LogP contribution in [-0.4, -0.2) is 19.6 Å². The van der Waals surface area contributed by atoms with E-state index in [1.54, 1.807) is 54.7 Å². The van der Waals surface area contributed by atoms with E-state index in [0.29, 0.717) is 45.1 Å². The van der Waals surface area contributed by atoms with Gasteiger partial charge in [-0.25, -0.2) is 4.98 Å². The van der Waals surface area contributed by atoms with Crippen molar-refractivity contribution in [3.63, 3.8) is 0 Å². The molecule has 312 valence electrons. The van der Waals surface area contributed by atoms with Gasteiger partial charge in [0.1, 0.15) is 11.6 Å². The van der Waals surface area contributed by atoms with Crippen LogP contribution in [0.1, 0.15) is 97.7 Å². The second-order valence-electron chi connectivity index (χ2n) is 15.9. The molecule has 0 aliphatic heterocycles. The van der Waals surface area contributed by atoms with Gasteiger partial charge in [-0.05, 0) is 136 Å². The van der Waals surface area contributed by atoms with Gasteiger partial charge in [-0.2, -0.15) is 0 Å². The van der Waals surface area contributed by atoms with Crippen LogP contribution in [0.25, 0.3) is 83.9 Å². The van der Waals surface area contributed by atoms with Crippen LogP contribution in [0.4, 0.5) is 0 Å². The summed E-state index contributed by atoms with van der Waals surface area (Å²) in [6.07, 6.45) is 1.69. The SMILES string of the molecule is [2H]C([2H])([2H])c1cc(-c2ccccc2)ccc1-n1c(-c2cc(C(C([2H])([2H])[2H])(C([2H])([2H])[2H])C([2H])([2H])[2H])cc(C(C([2H])([2H])[2H])(C([2H])([2H])[2H])C([2H])([2H])[2H])c2O)nc2c(-c3cc(-c4ccccc4)cc(-c4cc(-c5cc(C)cc(C)c5)ccn4)c3)cccc21. The molecule has 0 radical (unpaired) electrons. The number of fused-ring (bicyclic) bond motifs is 1. The number of pyridine rings is 1. The molecule has 0 aliphatic carbocycles. The van der Waals surface area contributed by atoms with Gasteiger partial charge < -0.3 is 5.11 Å². The lowest BCUT2D eigenvalue weighted by Gasteiger charge is -2.27. The van der Waals surface area contributed by atoms with Crippen LogP contribution in [0.3, 0.4) is 0 Å². The van der Waals surface area contributed by atoms with Crippen molar-refractivity contribution in [1.82, 2.24) is 14.5 Å². The molecule has 9 rings (SSSR count). The predicted molar refractivity (Wildman–Crippen MR) is 265 cm³/mol. The Morgan fingerprint density at radius 3 is 1.87 bits per heavy atom. The minimum absolute atomic E-state index is 0.00181. The van der Waals surface area contributed by atoms with Crippen molar-refractivity contribution >= 4 is 11.0 Å². The molecular weight excluding hydrogens is 767 g/mol. The zero-order valence-corrected chi connectivity index (χ0v) is 34.4. The molecule has 4 heteroatoms. The summed E-state index contributed by atoms with van der Waals surface area (Å²) >= 11 is 0. The van der Waals surface area contributed by atoms with E-state index in [9.17, 15) is 5.11 Å². The minimum Gasteiger partial charge on any atom is -0.507 e. The highest BCUT2D eigenvalue weighted by atomic mass is 16.3. The minimum atomic E-state index is -4.23. The van der Waals surface area contributed by atoms with E-state index in [-0.39, 0.29) is 28.4 Å². The molecule has 0 amide bonds. The van der Waals surface area contributed by atoms with Crippen molar-refractivity contribution in [2.75, 3.05) is 0 Å². The number of phenols is 1. The van der Waals surface area contributed by atoms with Crippen LogP contribution >= 0.6 is 0 Å². The van der Waals surface area contributed by atoms with Crippen LogP contribution in [0.5, 0.6) is 5.75 Å². The van der Waals surface area contributed by atoms with E-state index >= 15 is 0 Å². The van der Waals surface area contributed by atoms with Crippen LogP contribution in [0.2, 0.25) is 0 Å². The van der Waals surface area contributed by atoms with E-state index in [0.717, 1.165) is 27.8 Å². The van der Waals surface area contributed by atoms with Gasteiger partial charge in [0, 0.05) is 51.7 Å². The first kappa shape index (κ1) is 23.4. The molecule has 0 saturated carbocycles. The van der Waals surface area contributed by atoms with Crippen LogP contribution in [0.15, 0.2) is 164 Å². The molecular formula is C59H55N3O. The maximum Gasteiger partial charge on any atom is 0.149 e. The third-order valence-corrected chi connectivity index (χ3v) is 11.2. The quantitative estimate of drug-likeness (QED) is 0.174. The maximum absolute atomic E-state index is 13.0.